The van der Waals surface area contributed by atoms with Crippen LogP contribution in [0.15, 0.2) is 35.3 Å². The van der Waals surface area contributed by atoms with E-state index in [0.29, 0.717) is 24.9 Å². The summed E-state index contributed by atoms with van der Waals surface area (Å²) >= 11 is 0. The van der Waals surface area contributed by atoms with Gasteiger partial charge in [-0.2, -0.15) is 0 Å². The number of rotatable bonds is 5. The first-order valence-corrected chi connectivity index (χ1v) is 9.30. The van der Waals surface area contributed by atoms with Gasteiger partial charge in [0, 0.05) is 33.2 Å². The first kappa shape index (κ1) is 19.3. The predicted molar refractivity (Wildman–Crippen MR) is 103 cm³/mol. The number of nitrogens with zero attached hydrogens (tertiary/aromatic N) is 3. The lowest BCUT2D eigenvalue weighted by Gasteiger charge is -2.37. The number of hydrogen-bond donors (Lipinski definition) is 1. The summed E-state index contributed by atoms with van der Waals surface area (Å²) in [4.78, 5) is 21.1. The first-order valence-electron chi connectivity index (χ1n) is 9.30. The van der Waals surface area contributed by atoms with E-state index in [1.807, 2.05) is 30.0 Å². The molecule has 1 aromatic rings. The molecule has 1 fully saturated rings. The second-order valence-electron chi connectivity index (χ2n) is 7.15. The van der Waals surface area contributed by atoms with Gasteiger partial charge in [0.05, 0.1) is 6.54 Å². The van der Waals surface area contributed by atoms with Gasteiger partial charge in [0.15, 0.2) is 5.96 Å². The molecule has 1 aliphatic rings. The molecule has 25 heavy (non-hydrogen) atoms. The Bertz CT molecular complexity index is 562. The van der Waals surface area contributed by atoms with Crippen molar-refractivity contribution in [3.05, 3.63) is 35.9 Å². The van der Waals surface area contributed by atoms with Crippen LogP contribution in [0.2, 0.25) is 0 Å². The van der Waals surface area contributed by atoms with Crippen molar-refractivity contribution in [1.82, 2.24) is 15.1 Å². The monoisotopic (exact) mass is 344 g/mol. The van der Waals surface area contributed by atoms with Crippen molar-refractivity contribution >= 4 is 11.9 Å². The highest BCUT2D eigenvalue weighted by atomic mass is 16.2. The zero-order valence-electron chi connectivity index (χ0n) is 16.0. The van der Waals surface area contributed by atoms with Gasteiger partial charge in [-0.3, -0.25) is 9.79 Å². The largest absolute Gasteiger partial charge is 0.347 e. The summed E-state index contributed by atoms with van der Waals surface area (Å²) in [5.74, 6) is 2.25. The molecule has 1 aromatic carbocycles. The van der Waals surface area contributed by atoms with Crippen LogP contribution in [0.5, 0.6) is 0 Å². The van der Waals surface area contributed by atoms with Crippen LogP contribution in [0, 0.1) is 11.8 Å². The molecule has 1 aliphatic heterocycles. The molecule has 1 heterocycles. The van der Waals surface area contributed by atoms with Gasteiger partial charge in [0.25, 0.3) is 0 Å². The van der Waals surface area contributed by atoms with Crippen LogP contribution in [0.3, 0.4) is 0 Å². The van der Waals surface area contributed by atoms with Gasteiger partial charge in [-0.1, -0.05) is 44.2 Å². The quantitative estimate of drug-likeness (QED) is 0.660. The molecule has 2 unspecified atom stereocenters. The molecule has 2 rings (SSSR count). The van der Waals surface area contributed by atoms with Crippen LogP contribution in [-0.2, 0) is 11.3 Å². The molecular weight excluding hydrogens is 312 g/mol. The number of benzene rings is 1. The zero-order chi connectivity index (χ0) is 18.2. The third-order valence-corrected chi connectivity index (χ3v) is 4.73. The van der Waals surface area contributed by atoms with E-state index >= 15 is 0 Å². The number of aliphatic imine (C=N–C) groups is 1. The van der Waals surface area contributed by atoms with Gasteiger partial charge in [-0.25, -0.2) is 0 Å². The Morgan fingerprint density at radius 3 is 2.44 bits per heavy atom. The standard InChI is InChI=1S/C20H32N4O/c1-5-23(15-18-9-7-6-8-10-18)19(25)12-22-20(21-4)24-13-16(2)11-17(3)14-24/h6-10,16-17H,5,11-15H2,1-4H3,(H,21,22). The van der Waals surface area contributed by atoms with Crippen molar-refractivity contribution in [2.45, 2.75) is 33.7 Å². The SMILES string of the molecule is CCN(Cc1ccccc1)C(=O)CNC(=NC)N1CC(C)CC(C)C1. The van der Waals surface area contributed by atoms with Crippen molar-refractivity contribution in [2.75, 3.05) is 33.2 Å². The summed E-state index contributed by atoms with van der Waals surface area (Å²) < 4.78 is 0. The van der Waals surface area contributed by atoms with Gasteiger partial charge >= 0.3 is 0 Å². The fraction of sp³-hybridized carbons (Fsp3) is 0.600. The summed E-state index contributed by atoms with van der Waals surface area (Å²) in [7, 11) is 1.79. The molecule has 1 N–H and O–H groups in total. The topological polar surface area (TPSA) is 47.9 Å². The molecule has 2 atom stereocenters. The van der Waals surface area contributed by atoms with Crippen LogP contribution >= 0.6 is 0 Å². The lowest BCUT2D eigenvalue weighted by Crippen LogP contribution is -2.50. The smallest absolute Gasteiger partial charge is 0.242 e. The molecule has 0 saturated carbocycles. The number of carbonyl (C=O) groups is 1. The maximum Gasteiger partial charge on any atom is 0.242 e. The fourth-order valence-corrected chi connectivity index (χ4v) is 3.61. The van der Waals surface area contributed by atoms with E-state index in [9.17, 15) is 4.79 Å². The number of piperidine rings is 1. The van der Waals surface area contributed by atoms with Crippen molar-refractivity contribution in [2.24, 2.45) is 16.8 Å². The first-order chi connectivity index (χ1) is 12.0. The lowest BCUT2D eigenvalue weighted by atomic mass is 9.92. The lowest BCUT2D eigenvalue weighted by molar-refractivity contribution is -0.130. The minimum Gasteiger partial charge on any atom is -0.347 e. The molecule has 1 amide bonds. The second kappa shape index (κ2) is 9.44. The maximum absolute atomic E-state index is 12.6. The molecule has 0 aliphatic carbocycles. The fourth-order valence-electron chi connectivity index (χ4n) is 3.61. The minimum absolute atomic E-state index is 0.102. The number of carbonyl (C=O) groups excluding carboxylic acids is 1. The van der Waals surface area contributed by atoms with Crippen molar-refractivity contribution < 1.29 is 4.79 Å². The van der Waals surface area contributed by atoms with Crippen molar-refractivity contribution in [1.29, 1.82) is 0 Å². The van der Waals surface area contributed by atoms with E-state index in [-0.39, 0.29) is 12.5 Å². The van der Waals surface area contributed by atoms with E-state index in [0.717, 1.165) is 24.6 Å². The molecule has 0 radical (unpaired) electrons. The third-order valence-electron chi connectivity index (χ3n) is 4.73. The van der Waals surface area contributed by atoms with Crippen LogP contribution in [-0.4, -0.2) is 54.9 Å². The summed E-state index contributed by atoms with van der Waals surface area (Å²) in [6.07, 6.45) is 1.26. The van der Waals surface area contributed by atoms with Gasteiger partial charge in [-0.15, -0.1) is 0 Å². The van der Waals surface area contributed by atoms with E-state index in [1.54, 1.807) is 7.05 Å². The number of hydrogen-bond acceptors (Lipinski definition) is 2. The number of guanidine groups is 1. The molecular formula is C20H32N4O. The molecule has 5 nitrogen and oxygen atoms in total. The van der Waals surface area contributed by atoms with E-state index in [2.05, 4.69) is 41.2 Å². The second-order valence-corrected chi connectivity index (χ2v) is 7.15. The number of likely N-dealkylation sites (tertiary alicyclic amines) is 1. The Hall–Kier alpha value is -2.04. The number of nitrogens with one attached hydrogen (secondary N) is 1. The van der Waals surface area contributed by atoms with Gasteiger partial charge in [-0.05, 0) is 30.7 Å². The average Bonchev–Trinajstić information content (AvgIpc) is 2.60. The van der Waals surface area contributed by atoms with Gasteiger partial charge < -0.3 is 15.1 Å². The highest BCUT2D eigenvalue weighted by molar-refractivity contribution is 5.86. The molecule has 0 aromatic heterocycles. The van der Waals surface area contributed by atoms with Crippen molar-refractivity contribution in [3.8, 4) is 0 Å². The predicted octanol–water partition coefficient (Wildman–Crippen LogP) is 2.59. The third kappa shape index (κ3) is 5.76. The summed E-state index contributed by atoms with van der Waals surface area (Å²) in [5.41, 5.74) is 1.15. The Kier molecular flexibility index (Phi) is 7.29. The molecule has 0 bridgehead atoms. The van der Waals surface area contributed by atoms with E-state index < -0.39 is 0 Å². The molecule has 138 valence electrons. The van der Waals surface area contributed by atoms with E-state index in [4.69, 9.17) is 0 Å². The maximum atomic E-state index is 12.6. The summed E-state index contributed by atoms with van der Waals surface area (Å²) in [5, 5.41) is 3.27. The number of likely N-dealkylation sites (N-methyl/N-ethyl adjacent to an activating group) is 1. The Morgan fingerprint density at radius 1 is 1.24 bits per heavy atom. The van der Waals surface area contributed by atoms with Crippen LogP contribution < -0.4 is 5.32 Å². The number of amides is 1. The highest BCUT2D eigenvalue weighted by Crippen LogP contribution is 2.20. The molecule has 0 spiro atoms. The normalized spacial score (nSPS) is 21.1. The van der Waals surface area contributed by atoms with Gasteiger partial charge in [0.2, 0.25) is 5.91 Å². The minimum atomic E-state index is 0.102. The summed E-state index contributed by atoms with van der Waals surface area (Å²) in [6, 6.07) is 10.1. The average molecular weight is 345 g/mol. The van der Waals surface area contributed by atoms with Crippen LogP contribution in [0.25, 0.3) is 0 Å². The Morgan fingerprint density at radius 2 is 1.88 bits per heavy atom. The summed E-state index contributed by atoms with van der Waals surface area (Å²) in [6.45, 7) is 10.2. The Balaban J connectivity index is 1.90. The Labute approximate surface area is 152 Å². The zero-order valence-corrected chi connectivity index (χ0v) is 16.0. The van der Waals surface area contributed by atoms with E-state index in [1.165, 1.54) is 6.42 Å². The van der Waals surface area contributed by atoms with Crippen molar-refractivity contribution in [3.63, 3.8) is 0 Å². The van der Waals surface area contributed by atoms with Crippen LogP contribution in [0.4, 0.5) is 0 Å². The van der Waals surface area contributed by atoms with Crippen LogP contribution in [0.1, 0.15) is 32.8 Å². The van der Waals surface area contributed by atoms with Gasteiger partial charge in [0.1, 0.15) is 0 Å². The molecule has 5 heteroatoms. The highest BCUT2D eigenvalue weighted by Gasteiger charge is 2.24. The molecule has 1 saturated heterocycles.